The van der Waals surface area contributed by atoms with Gasteiger partial charge in [0.1, 0.15) is 0 Å². The number of carboxylic acid groups (broad SMARTS) is 1. The molecule has 0 bridgehead atoms. The van der Waals surface area contributed by atoms with Crippen LogP contribution in [0.5, 0.6) is 0 Å². The first-order valence-electron chi connectivity index (χ1n) is 6.13. The van der Waals surface area contributed by atoms with E-state index in [9.17, 15) is 4.79 Å². The number of nitrogens with one attached hydrogen (secondary N) is 1. The summed E-state index contributed by atoms with van der Waals surface area (Å²) in [6.45, 7) is 3.29. The molecule has 0 spiro atoms. The summed E-state index contributed by atoms with van der Waals surface area (Å²) in [5, 5.41) is 12.0. The summed E-state index contributed by atoms with van der Waals surface area (Å²) < 4.78 is 0. The van der Waals surface area contributed by atoms with Crippen LogP contribution in [0.25, 0.3) is 0 Å². The third-order valence-corrected chi connectivity index (χ3v) is 3.19. The van der Waals surface area contributed by atoms with E-state index in [1.165, 1.54) is 25.7 Å². The molecule has 2 atom stereocenters. The Labute approximate surface area is 92.3 Å². The number of rotatable bonds is 6. The van der Waals surface area contributed by atoms with Gasteiger partial charge in [-0.3, -0.25) is 4.79 Å². The molecule has 0 aromatic carbocycles. The molecule has 0 heterocycles. The number of carbonyl (C=O) groups is 1. The number of aliphatic carboxylic acids is 1. The summed E-state index contributed by atoms with van der Waals surface area (Å²) in [5.41, 5.74) is 0. The summed E-state index contributed by atoms with van der Waals surface area (Å²) >= 11 is 0. The molecule has 0 amide bonds. The van der Waals surface area contributed by atoms with Crippen LogP contribution in [0, 0.1) is 5.92 Å². The van der Waals surface area contributed by atoms with Crippen LogP contribution in [0.1, 0.15) is 51.9 Å². The van der Waals surface area contributed by atoms with Crippen molar-refractivity contribution in [3.8, 4) is 0 Å². The van der Waals surface area contributed by atoms with E-state index in [0.717, 1.165) is 25.3 Å². The minimum Gasteiger partial charge on any atom is -0.481 e. The van der Waals surface area contributed by atoms with Gasteiger partial charge in [-0.05, 0) is 38.1 Å². The molecule has 0 saturated heterocycles. The highest BCUT2D eigenvalue weighted by Crippen LogP contribution is 2.23. The Morgan fingerprint density at radius 1 is 1.40 bits per heavy atom. The van der Waals surface area contributed by atoms with Gasteiger partial charge in [-0.15, -0.1) is 0 Å². The van der Waals surface area contributed by atoms with E-state index in [1.54, 1.807) is 0 Å². The highest BCUT2D eigenvalue weighted by atomic mass is 16.4. The fraction of sp³-hybridized carbons (Fsp3) is 0.917. The lowest BCUT2D eigenvalue weighted by Gasteiger charge is -2.27. The van der Waals surface area contributed by atoms with E-state index in [1.807, 2.05) is 0 Å². The Balaban J connectivity index is 1.97. The van der Waals surface area contributed by atoms with Crippen molar-refractivity contribution in [1.29, 1.82) is 0 Å². The predicted molar refractivity (Wildman–Crippen MR) is 60.9 cm³/mol. The van der Waals surface area contributed by atoms with Crippen LogP contribution in [-0.2, 0) is 4.79 Å². The Bertz CT molecular complexity index is 194. The highest BCUT2D eigenvalue weighted by Gasteiger charge is 2.17. The summed E-state index contributed by atoms with van der Waals surface area (Å²) in [6.07, 6.45) is 7.39. The van der Waals surface area contributed by atoms with Crippen molar-refractivity contribution in [2.24, 2.45) is 5.92 Å². The Morgan fingerprint density at radius 2 is 2.20 bits per heavy atom. The normalized spacial score (nSPS) is 26.5. The van der Waals surface area contributed by atoms with Crippen LogP contribution in [0.2, 0.25) is 0 Å². The molecule has 2 N–H and O–H groups in total. The lowest BCUT2D eigenvalue weighted by atomic mass is 9.87. The fourth-order valence-electron chi connectivity index (χ4n) is 2.33. The van der Waals surface area contributed by atoms with Crippen molar-refractivity contribution >= 4 is 5.97 Å². The van der Waals surface area contributed by atoms with Gasteiger partial charge in [0.2, 0.25) is 0 Å². The molecule has 1 saturated carbocycles. The summed E-state index contributed by atoms with van der Waals surface area (Å²) in [4.78, 5) is 10.3. The van der Waals surface area contributed by atoms with Gasteiger partial charge in [0.25, 0.3) is 0 Å². The maximum atomic E-state index is 10.3. The molecule has 88 valence electrons. The second kappa shape index (κ2) is 6.83. The molecule has 0 aromatic rings. The van der Waals surface area contributed by atoms with Crippen LogP contribution in [0.15, 0.2) is 0 Å². The zero-order valence-electron chi connectivity index (χ0n) is 9.67. The molecule has 1 fully saturated rings. The maximum Gasteiger partial charge on any atom is 0.303 e. The first kappa shape index (κ1) is 12.5. The van der Waals surface area contributed by atoms with Crippen molar-refractivity contribution in [3.63, 3.8) is 0 Å². The molecule has 1 aliphatic rings. The van der Waals surface area contributed by atoms with Crippen LogP contribution in [0.3, 0.4) is 0 Å². The van der Waals surface area contributed by atoms with Gasteiger partial charge in [-0.2, -0.15) is 0 Å². The van der Waals surface area contributed by atoms with E-state index in [0.29, 0.717) is 12.5 Å². The quantitative estimate of drug-likeness (QED) is 0.666. The Kier molecular flexibility index (Phi) is 5.69. The Morgan fingerprint density at radius 3 is 2.87 bits per heavy atom. The van der Waals surface area contributed by atoms with E-state index in [-0.39, 0.29) is 0 Å². The number of unbranched alkanes of at least 4 members (excludes halogenated alkanes) is 1. The Hall–Kier alpha value is -0.570. The third-order valence-electron chi connectivity index (χ3n) is 3.19. The van der Waals surface area contributed by atoms with Crippen LogP contribution >= 0.6 is 0 Å². The molecule has 2 unspecified atom stereocenters. The first-order chi connectivity index (χ1) is 7.18. The second-order valence-corrected chi connectivity index (χ2v) is 4.77. The molecule has 3 heteroatoms. The number of hydrogen-bond donors (Lipinski definition) is 2. The highest BCUT2D eigenvalue weighted by molar-refractivity contribution is 5.66. The van der Waals surface area contributed by atoms with Crippen molar-refractivity contribution in [2.75, 3.05) is 6.54 Å². The van der Waals surface area contributed by atoms with E-state index >= 15 is 0 Å². The van der Waals surface area contributed by atoms with Crippen molar-refractivity contribution in [3.05, 3.63) is 0 Å². The SMILES string of the molecule is CC1CCCC(NCCCCC(=O)O)C1. The van der Waals surface area contributed by atoms with Crippen LogP contribution in [0.4, 0.5) is 0 Å². The van der Waals surface area contributed by atoms with Crippen molar-refractivity contribution in [2.45, 2.75) is 57.9 Å². The second-order valence-electron chi connectivity index (χ2n) is 4.77. The fourth-order valence-corrected chi connectivity index (χ4v) is 2.33. The first-order valence-corrected chi connectivity index (χ1v) is 6.13. The monoisotopic (exact) mass is 213 g/mol. The molecule has 1 rings (SSSR count). The van der Waals surface area contributed by atoms with Crippen molar-refractivity contribution < 1.29 is 9.90 Å². The van der Waals surface area contributed by atoms with E-state index in [2.05, 4.69) is 12.2 Å². The van der Waals surface area contributed by atoms with Gasteiger partial charge in [0, 0.05) is 12.5 Å². The lowest BCUT2D eigenvalue weighted by Crippen LogP contribution is -2.34. The van der Waals surface area contributed by atoms with Gasteiger partial charge in [0.05, 0.1) is 0 Å². The van der Waals surface area contributed by atoms with Crippen molar-refractivity contribution in [1.82, 2.24) is 5.32 Å². The molecule has 0 radical (unpaired) electrons. The molecule has 0 aromatic heterocycles. The summed E-state index contributed by atoms with van der Waals surface area (Å²) in [6, 6.07) is 0.679. The predicted octanol–water partition coefficient (Wildman–Crippen LogP) is 2.41. The molecule has 3 nitrogen and oxygen atoms in total. The topological polar surface area (TPSA) is 49.3 Å². The molecule has 15 heavy (non-hydrogen) atoms. The van der Waals surface area contributed by atoms with Crippen LogP contribution in [-0.4, -0.2) is 23.7 Å². The average molecular weight is 213 g/mol. The zero-order chi connectivity index (χ0) is 11.1. The largest absolute Gasteiger partial charge is 0.481 e. The van der Waals surface area contributed by atoms with Gasteiger partial charge in [-0.25, -0.2) is 0 Å². The smallest absolute Gasteiger partial charge is 0.303 e. The zero-order valence-corrected chi connectivity index (χ0v) is 9.67. The molecular weight excluding hydrogens is 190 g/mol. The minimum atomic E-state index is -0.679. The molecule has 1 aliphatic carbocycles. The van der Waals surface area contributed by atoms with Crippen LogP contribution < -0.4 is 5.32 Å². The van der Waals surface area contributed by atoms with Gasteiger partial charge in [0.15, 0.2) is 0 Å². The standard InChI is InChI=1S/C12H23NO2/c1-10-5-4-6-11(9-10)13-8-3-2-7-12(14)15/h10-11,13H,2-9H2,1H3,(H,14,15). The summed E-state index contributed by atoms with van der Waals surface area (Å²) in [7, 11) is 0. The summed E-state index contributed by atoms with van der Waals surface area (Å²) in [5.74, 6) is 0.177. The van der Waals surface area contributed by atoms with E-state index < -0.39 is 5.97 Å². The molecule has 0 aliphatic heterocycles. The third kappa shape index (κ3) is 5.78. The number of carboxylic acids is 1. The lowest BCUT2D eigenvalue weighted by molar-refractivity contribution is -0.137. The minimum absolute atomic E-state index is 0.308. The van der Waals surface area contributed by atoms with Gasteiger partial charge < -0.3 is 10.4 Å². The molecular formula is C12H23NO2. The van der Waals surface area contributed by atoms with Gasteiger partial charge >= 0.3 is 5.97 Å². The van der Waals surface area contributed by atoms with E-state index in [4.69, 9.17) is 5.11 Å². The maximum absolute atomic E-state index is 10.3. The number of hydrogen-bond acceptors (Lipinski definition) is 2. The average Bonchev–Trinajstić information content (AvgIpc) is 2.17. The van der Waals surface area contributed by atoms with Gasteiger partial charge in [-0.1, -0.05) is 19.8 Å².